The smallest absolute Gasteiger partial charge is 0.228 e. The van der Waals surface area contributed by atoms with Crippen LogP contribution in [-0.2, 0) is 4.79 Å². The van der Waals surface area contributed by atoms with Gasteiger partial charge in [0.05, 0.1) is 0 Å². The number of alkyl halides is 3. The summed E-state index contributed by atoms with van der Waals surface area (Å²) in [4.78, 5) is 11.9. The van der Waals surface area contributed by atoms with E-state index in [1.807, 2.05) is 0 Å². The van der Waals surface area contributed by atoms with Gasteiger partial charge in [-0.15, -0.1) is 10.2 Å². The molecule has 1 aromatic heterocycles. The number of carbonyl (C=O) groups is 1. The SMILES string of the molecule is CCCCCCC(=O)N[C@@H](NC(=S)Nn1cnnc1)C(Cl)(Cl)Cl. The second kappa shape index (κ2) is 10.1. The second-order valence-corrected chi connectivity index (χ2v) is 7.58. The molecule has 7 nitrogen and oxygen atoms in total. The number of carbonyl (C=O) groups excluding carboxylic acids is 1. The van der Waals surface area contributed by atoms with Gasteiger partial charge in [-0.05, 0) is 18.6 Å². The lowest BCUT2D eigenvalue weighted by Gasteiger charge is -2.27. The molecule has 0 saturated carbocycles. The van der Waals surface area contributed by atoms with Crippen LogP contribution in [0, 0.1) is 0 Å². The normalized spacial score (nSPS) is 12.5. The largest absolute Gasteiger partial charge is 0.338 e. The molecule has 0 fully saturated rings. The first-order chi connectivity index (χ1) is 10.8. The molecule has 11 heteroatoms. The van der Waals surface area contributed by atoms with Gasteiger partial charge in [0, 0.05) is 6.42 Å². The van der Waals surface area contributed by atoms with E-state index in [9.17, 15) is 4.79 Å². The maximum atomic E-state index is 11.9. The summed E-state index contributed by atoms with van der Waals surface area (Å²) in [6.07, 6.45) is 6.18. The Kier molecular flexibility index (Phi) is 8.90. The number of aromatic nitrogens is 3. The Morgan fingerprint density at radius 1 is 1.22 bits per heavy atom. The molecular formula is C12H19Cl3N6OS. The monoisotopic (exact) mass is 400 g/mol. The van der Waals surface area contributed by atoms with E-state index in [1.165, 1.54) is 17.3 Å². The minimum absolute atomic E-state index is 0.146. The number of amides is 1. The van der Waals surface area contributed by atoms with Crippen molar-refractivity contribution in [3.63, 3.8) is 0 Å². The van der Waals surface area contributed by atoms with E-state index in [0.717, 1.165) is 25.7 Å². The molecule has 0 spiro atoms. The molecule has 0 saturated heterocycles. The van der Waals surface area contributed by atoms with Crippen molar-refractivity contribution in [2.45, 2.75) is 49.0 Å². The summed E-state index contributed by atoms with van der Waals surface area (Å²) in [6.45, 7) is 2.10. The van der Waals surface area contributed by atoms with Gasteiger partial charge in [0.15, 0.2) is 5.11 Å². The predicted molar refractivity (Wildman–Crippen MR) is 96.1 cm³/mol. The quantitative estimate of drug-likeness (QED) is 0.269. The number of unbranched alkanes of at least 4 members (excludes halogenated alkanes) is 3. The highest BCUT2D eigenvalue weighted by Crippen LogP contribution is 2.29. The van der Waals surface area contributed by atoms with E-state index in [4.69, 9.17) is 47.0 Å². The Hall–Kier alpha value is -0.830. The van der Waals surface area contributed by atoms with Crippen LogP contribution in [0.15, 0.2) is 12.7 Å². The van der Waals surface area contributed by atoms with Crippen LogP contribution in [0.5, 0.6) is 0 Å². The van der Waals surface area contributed by atoms with Crippen LogP contribution >= 0.6 is 47.0 Å². The summed E-state index contributed by atoms with van der Waals surface area (Å²) < 4.78 is -0.352. The Morgan fingerprint density at radius 3 is 2.43 bits per heavy atom. The highest BCUT2D eigenvalue weighted by Gasteiger charge is 2.34. The lowest BCUT2D eigenvalue weighted by molar-refractivity contribution is -0.122. The molecule has 1 amide bonds. The highest BCUT2D eigenvalue weighted by molar-refractivity contribution is 7.80. The summed E-state index contributed by atoms with van der Waals surface area (Å²) in [6, 6.07) is 0. The molecule has 1 aromatic rings. The maximum absolute atomic E-state index is 11.9. The minimum Gasteiger partial charge on any atom is -0.338 e. The molecule has 23 heavy (non-hydrogen) atoms. The van der Waals surface area contributed by atoms with Gasteiger partial charge in [0.1, 0.15) is 18.8 Å². The van der Waals surface area contributed by atoms with E-state index >= 15 is 0 Å². The van der Waals surface area contributed by atoms with Crippen LogP contribution in [0.4, 0.5) is 0 Å². The van der Waals surface area contributed by atoms with Crippen molar-refractivity contribution in [3.05, 3.63) is 12.7 Å². The van der Waals surface area contributed by atoms with Crippen molar-refractivity contribution in [2.75, 3.05) is 5.43 Å². The summed E-state index contributed by atoms with van der Waals surface area (Å²) >= 11 is 22.8. The summed E-state index contributed by atoms with van der Waals surface area (Å²) in [5, 5.41) is 12.8. The fraction of sp³-hybridized carbons (Fsp3) is 0.667. The molecule has 0 aliphatic heterocycles. The number of hydrogen-bond acceptors (Lipinski definition) is 4. The van der Waals surface area contributed by atoms with Crippen LogP contribution in [-0.4, -0.2) is 35.9 Å². The van der Waals surface area contributed by atoms with Crippen LogP contribution in [0.2, 0.25) is 0 Å². The Balaban J connectivity index is 2.49. The third-order valence-electron chi connectivity index (χ3n) is 2.81. The van der Waals surface area contributed by atoms with Crippen molar-refractivity contribution in [3.8, 4) is 0 Å². The highest BCUT2D eigenvalue weighted by atomic mass is 35.6. The number of rotatable bonds is 8. The molecular weight excluding hydrogens is 383 g/mol. The van der Waals surface area contributed by atoms with E-state index in [-0.39, 0.29) is 11.0 Å². The van der Waals surface area contributed by atoms with Gasteiger partial charge in [-0.25, -0.2) is 4.68 Å². The van der Waals surface area contributed by atoms with Crippen LogP contribution in [0.1, 0.15) is 39.0 Å². The first-order valence-electron chi connectivity index (χ1n) is 7.11. The van der Waals surface area contributed by atoms with Gasteiger partial charge in [0.25, 0.3) is 0 Å². The fourth-order valence-electron chi connectivity index (χ4n) is 1.68. The molecule has 0 unspecified atom stereocenters. The van der Waals surface area contributed by atoms with E-state index < -0.39 is 9.96 Å². The van der Waals surface area contributed by atoms with Crippen molar-refractivity contribution in [1.29, 1.82) is 0 Å². The summed E-state index contributed by atoms with van der Waals surface area (Å²) in [5.74, 6) is -0.211. The first-order valence-corrected chi connectivity index (χ1v) is 8.65. The van der Waals surface area contributed by atoms with Crippen LogP contribution in [0.25, 0.3) is 0 Å². The molecule has 0 radical (unpaired) electrons. The molecule has 1 heterocycles. The van der Waals surface area contributed by atoms with Crippen molar-refractivity contribution >= 4 is 58.0 Å². The average Bonchev–Trinajstić information content (AvgIpc) is 2.94. The zero-order chi connectivity index (χ0) is 17.3. The third-order valence-corrected chi connectivity index (χ3v) is 3.68. The second-order valence-electron chi connectivity index (χ2n) is 4.81. The van der Waals surface area contributed by atoms with E-state index in [2.05, 4.69) is 33.2 Å². The molecule has 3 N–H and O–H groups in total. The number of thiocarbonyl (C=S) groups is 1. The van der Waals surface area contributed by atoms with Crippen LogP contribution in [0.3, 0.4) is 0 Å². The standard InChI is InChI=1S/C12H19Cl3N6OS/c1-2-3-4-5-6-9(22)18-10(12(13,14)15)19-11(23)20-21-7-16-17-8-21/h7-8,10H,2-6H2,1H3,(H,18,22)(H2,19,20,23)/t10-/m0/s1. The molecule has 0 aliphatic carbocycles. The lowest BCUT2D eigenvalue weighted by atomic mass is 10.1. The molecule has 0 aliphatic rings. The van der Waals surface area contributed by atoms with Crippen LogP contribution < -0.4 is 16.1 Å². The van der Waals surface area contributed by atoms with E-state index in [1.54, 1.807) is 0 Å². The van der Waals surface area contributed by atoms with Crippen molar-refractivity contribution in [1.82, 2.24) is 25.5 Å². The van der Waals surface area contributed by atoms with E-state index in [0.29, 0.717) is 6.42 Å². The van der Waals surface area contributed by atoms with Gasteiger partial charge in [0.2, 0.25) is 9.70 Å². The number of nitrogens with one attached hydrogen (secondary N) is 3. The Bertz CT molecular complexity index is 493. The topological polar surface area (TPSA) is 83.9 Å². The zero-order valence-corrected chi connectivity index (χ0v) is 15.6. The summed E-state index contributed by atoms with van der Waals surface area (Å²) in [5.41, 5.74) is 2.74. The van der Waals surface area contributed by atoms with Gasteiger partial charge in [-0.2, -0.15) is 0 Å². The van der Waals surface area contributed by atoms with Gasteiger partial charge >= 0.3 is 0 Å². The minimum atomic E-state index is -1.77. The van der Waals surface area contributed by atoms with Gasteiger partial charge in [-0.1, -0.05) is 61.0 Å². The maximum Gasteiger partial charge on any atom is 0.228 e. The van der Waals surface area contributed by atoms with Crippen molar-refractivity contribution in [2.24, 2.45) is 0 Å². The Labute approximate surface area is 155 Å². The molecule has 1 rings (SSSR count). The fourth-order valence-corrected chi connectivity index (χ4v) is 2.23. The molecule has 1 atom stereocenters. The van der Waals surface area contributed by atoms with Gasteiger partial charge < -0.3 is 10.6 Å². The molecule has 0 bridgehead atoms. The number of halogens is 3. The molecule has 130 valence electrons. The first kappa shape index (κ1) is 20.2. The lowest BCUT2D eigenvalue weighted by Crippen LogP contribution is -2.56. The average molecular weight is 402 g/mol. The Morgan fingerprint density at radius 2 is 1.87 bits per heavy atom. The predicted octanol–water partition coefficient (Wildman–Crippen LogP) is 2.48. The zero-order valence-electron chi connectivity index (χ0n) is 12.6. The third kappa shape index (κ3) is 8.55. The number of nitrogens with zero attached hydrogens (tertiary/aromatic N) is 3. The number of hydrogen-bond donors (Lipinski definition) is 3. The van der Waals surface area contributed by atoms with Crippen molar-refractivity contribution < 1.29 is 4.79 Å². The molecule has 0 aromatic carbocycles. The summed E-state index contributed by atoms with van der Waals surface area (Å²) in [7, 11) is 0. The van der Waals surface area contributed by atoms with Gasteiger partial charge in [-0.3, -0.25) is 10.2 Å².